The van der Waals surface area contributed by atoms with Gasteiger partial charge in [0.05, 0.1) is 13.3 Å². The van der Waals surface area contributed by atoms with Crippen molar-refractivity contribution in [1.82, 2.24) is 14.7 Å². The Morgan fingerprint density at radius 2 is 1.89 bits per heavy atom. The minimum atomic E-state index is -0.222. The van der Waals surface area contributed by atoms with Crippen LogP contribution in [0.4, 0.5) is 10.5 Å². The van der Waals surface area contributed by atoms with Gasteiger partial charge in [-0.1, -0.05) is 6.07 Å². The van der Waals surface area contributed by atoms with Crippen LogP contribution in [-0.4, -0.2) is 78.7 Å². The molecular formula is C20H26N4O4. The molecule has 0 aliphatic carbocycles. The monoisotopic (exact) mass is 386 g/mol. The Hall–Kier alpha value is -2.32. The normalized spacial score (nSPS) is 25.6. The third-order valence-corrected chi connectivity index (χ3v) is 6.28. The maximum Gasteiger partial charge on any atom is 0.328 e. The Morgan fingerprint density at radius 1 is 1.04 bits per heavy atom. The quantitative estimate of drug-likeness (QED) is 0.579. The zero-order valence-corrected chi connectivity index (χ0v) is 16.0. The van der Waals surface area contributed by atoms with Gasteiger partial charge in [0.15, 0.2) is 5.75 Å². The van der Waals surface area contributed by atoms with E-state index in [1.165, 1.54) is 16.2 Å². The van der Waals surface area contributed by atoms with Gasteiger partial charge < -0.3 is 14.7 Å². The van der Waals surface area contributed by atoms with Crippen LogP contribution in [0.15, 0.2) is 18.2 Å². The predicted octanol–water partition coefficient (Wildman–Crippen LogP) is 1.45. The molecule has 1 aromatic carbocycles. The number of hydrogen-bond donors (Lipinski definition) is 0. The van der Waals surface area contributed by atoms with Gasteiger partial charge in [0.1, 0.15) is 6.04 Å². The molecule has 4 aliphatic rings. The minimum absolute atomic E-state index is 0.0126. The molecule has 8 heteroatoms. The number of benzene rings is 1. The molecule has 8 nitrogen and oxygen atoms in total. The number of hydrogen-bond acceptors (Lipinski definition) is 6. The summed E-state index contributed by atoms with van der Waals surface area (Å²) in [5.74, 6) is 0.789. The van der Waals surface area contributed by atoms with Gasteiger partial charge in [0, 0.05) is 50.4 Å². The highest BCUT2D eigenvalue weighted by atomic mass is 17.2. The molecule has 28 heavy (non-hydrogen) atoms. The van der Waals surface area contributed by atoms with Crippen LogP contribution >= 0.6 is 0 Å². The van der Waals surface area contributed by atoms with Crippen LogP contribution in [0.5, 0.6) is 5.75 Å². The summed E-state index contributed by atoms with van der Waals surface area (Å²) in [6, 6.07) is 5.74. The largest absolute Gasteiger partial charge is 0.369 e. The van der Waals surface area contributed by atoms with E-state index in [-0.39, 0.29) is 18.0 Å². The molecule has 0 N–H and O–H groups in total. The Kier molecular flexibility index (Phi) is 4.60. The number of anilines is 1. The third-order valence-electron chi connectivity index (χ3n) is 6.28. The van der Waals surface area contributed by atoms with E-state index in [1.807, 2.05) is 12.1 Å². The first-order chi connectivity index (χ1) is 13.7. The molecule has 4 aliphatic heterocycles. The standard InChI is InChI=1S/C20H26N4O4/c25-19-17-4-1-2-8-23(17)20(26)24(19)14-21-9-11-22(12-10-21)16-5-3-6-18-15(16)7-13-27-28-18/h3,5-6,17H,1-2,4,7-14H2. The molecular weight excluding hydrogens is 360 g/mol. The zero-order valence-electron chi connectivity index (χ0n) is 16.0. The van der Waals surface area contributed by atoms with Crippen molar-refractivity contribution in [2.24, 2.45) is 0 Å². The lowest BCUT2D eigenvalue weighted by Crippen LogP contribution is -2.51. The summed E-state index contributed by atoms with van der Waals surface area (Å²) in [6.45, 7) is 5.06. The van der Waals surface area contributed by atoms with Crippen LogP contribution in [-0.2, 0) is 16.1 Å². The maximum atomic E-state index is 12.7. The Labute approximate surface area is 164 Å². The summed E-state index contributed by atoms with van der Waals surface area (Å²) in [5, 5.41) is 0. The molecule has 1 atom stereocenters. The number of urea groups is 1. The van der Waals surface area contributed by atoms with E-state index < -0.39 is 0 Å². The van der Waals surface area contributed by atoms with Crippen LogP contribution in [0.3, 0.4) is 0 Å². The molecule has 3 amide bonds. The van der Waals surface area contributed by atoms with E-state index in [0.29, 0.717) is 19.8 Å². The van der Waals surface area contributed by atoms with Crippen LogP contribution in [0.1, 0.15) is 24.8 Å². The number of piperazine rings is 1. The number of piperidine rings is 1. The second kappa shape index (κ2) is 7.25. The van der Waals surface area contributed by atoms with Gasteiger partial charge in [0.2, 0.25) is 0 Å². The van der Waals surface area contributed by atoms with E-state index in [4.69, 9.17) is 9.78 Å². The topological polar surface area (TPSA) is 65.6 Å². The molecule has 0 spiro atoms. The first-order valence-electron chi connectivity index (χ1n) is 10.2. The van der Waals surface area contributed by atoms with Gasteiger partial charge in [-0.25, -0.2) is 9.69 Å². The molecule has 3 fully saturated rings. The van der Waals surface area contributed by atoms with E-state index >= 15 is 0 Å². The van der Waals surface area contributed by atoms with Gasteiger partial charge in [-0.15, -0.1) is 0 Å². The van der Waals surface area contributed by atoms with E-state index in [0.717, 1.165) is 57.6 Å². The Balaban J connectivity index is 1.22. The maximum absolute atomic E-state index is 12.7. The van der Waals surface area contributed by atoms with Gasteiger partial charge in [-0.3, -0.25) is 9.69 Å². The fourth-order valence-corrected chi connectivity index (χ4v) is 4.74. The van der Waals surface area contributed by atoms with Crippen molar-refractivity contribution >= 4 is 17.6 Å². The SMILES string of the molecule is O=C1C2CCCCN2C(=O)N1CN1CCN(c2cccc3c2CCOO3)CC1. The van der Waals surface area contributed by atoms with E-state index in [1.54, 1.807) is 4.90 Å². The molecule has 0 bridgehead atoms. The number of imide groups is 1. The van der Waals surface area contributed by atoms with Gasteiger partial charge in [-0.2, -0.15) is 4.89 Å². The number of fused-ring (bicyclic) bond motifs is 2. The molecule has 0 radical (unpaired) electrons. The summed E-state index contributed by atoms with van der Waals surface area (Å²) < 4.78 is 0. The molecule has 1 unspecified atom stereocenters. The minimum Gasteiger partial charge on any atom is -0.369 e. The van der Waals surface area contributed by atoms with Gasteiger partial charge in [-0.05, 0) is 31.4 Å². The second-order valence-corrected chi connectivity index (χ2v) is 7.91. The average Bonchev–Trinajstić information content (AvgIpc) is 2.99. The molecule has 4 heterocycles. The third kappa shape index (κ3) is 3.00. The first-order valence-corrected chi connectivity index (χ1v) is 10.2. The number of carbonyl (C=O) groups is 2. The Morgan fingerprint density at radius 3 is 2.71 bits per heavy atom. The van der Waals surface area contributed by atoms with Crippen molar-refractivity contribution in [1.29, 1.82) is 0 Å². The van der Waals surface area contributed by atoms with Crippen LogP contribution in [0, 0.1) is 0 Å². The Bertz CT molecular complexity index is 753. The fraction of sp³-hybridized carbons (Fsp3) is 0.600. The number of amides is 3. The number of rotatable bonds is 3. The zero-order chi connectivity index (χ0) is 19.1. The average molecular weight is 386 g/mol. The van der Waals surface area contributed by atoms with Gasteiger partial charge in [0.25, 0.3) is 5.91 Å². The smallest absolute Gasteiger partial charge is 0.328 e. The van der Waals surface area contributed by atoms with Crippen LogP contribution < -0.4 is 9.79 Å². The number of nitrogens with zero attached hydrogens (tertiary/aromatic N) is 4. The van der Waals surface area contributed by atoms with Gasteiger partial charge >= 0.3 is 6.03 Å². The van der Waals surface area contributed by atoms with Crippen molar-refractivity contribution in [3.63, 3.8) is 0 Å². The van der Waals surface area contributed by atoms with Crippen molar-refractivity contribution in [3.8, 4) is 5.75 Å². The molecule has 150 valence electrons. The molecule has 1 aromatic rings. The molecule has 0 saturated carbocycles. The second-order valence-electron chi connectivity index (χ2n) is 7.91. The summed E-state index contributed by atoms with van der Waals surface area (Å²) in [6.07, 6.45) is 3.68. The predicted molar refractivity (Wildman–Crippen MR) is 102 cm³/mol. The fourth-order valence-electron chi connectivity index (χ4n) is 4.74. The lowest BCUT2D eigenvalue weighted by Gasteiger charge is -2.38. The number of carbonyl (C=O) groups excluding carboxylic acids is 2. The lowest BCUT2D eigenvalue weighted by molar-refractivity contribution is -0.215. The summed E-state index contributed by atoms with van der Waals surface area (Å²) in [7, 11) is 0. The summed E-state index contributed by atoms with van der Waals surface area (Å²) in [5.41, 5.74) is 2.40. The lowest BCUT2D eigenvalue weighted by atomic mass is 10.0. The van der Waals surface area contributed by atoms with Crippen LogP contribution in [0.25, 0.3) is 0 Å². The molecule has 5 rings (SSSR count). The molecule has 0 aromatic heterocycles. The van der Waals surface area contributed by atoms with Crippen molar-refractivity contribution in [3.05, 3.63) is 23.8 Å². The van der Waals surface area contributed by atoms with Crippen molar-refractivity contribution < 1.29 is 19.4 Å². The highest BCUT2D eigenvalue weighted by molar-refractivity contribution is 6.04. The highest BCUT2D eigenvalue weighted by Crippen LogP contribution is 2.33. The summed E-state index contributed by atoms with van der Waals surface area (Å²) >= 11 is 0. The first kappa shape index (κ1) is 17.8. The summed E-state index contributed by atoms with van der Waals surface area (Å²) in [4.78, 5) is 43.5. The van der Waals surface area contributed by atoms with Crippen molar-refractivity contribution in [2.45, 2.75) is 31.7 Å². The van der Waals surface area contributed by atoms with E-state index in [9.17, 15) is 9.59 Å². The van der Waals surface area contributed by atoms with Crippen LogP contribution in [0.2, 0.25) is 0 Å². The van der Waals surface area contributed by atoms with E-state index in [2.05, 4.69) is 15.9 Å². The van der Waals surface area contributed by atoms with Crippen molar-refractivity contribution in [2.75, 3.05) is 50.9 Å². The molecule has 3 saturated heterocycles. The highest BCUT2D eigenvalue weighted by Gasteiger charge is 2.46.